The molecule has 0 aliphatic heterocycles. The molecule has 0 bridgehead atoms. The monoisotopic (exact) mass is 291 g/mol. The van der Waals surface area contributed by atoms with E-state index in [0.717, 1.165) is 5.02 Å². The van der Waals surface area contributed by atoms with E-state index in [2.05, 4.69) is 39.4 Å². The van der Waals surface area contributed by atoms with Crippen LogP contribution in [0.3, 0.4) is 0 Å². The van der Waals surface area contributed by atoms with Gasteiger partial charge in [-0.2, -0.15) is 0 Å². The fourth-order valence-electron chi connectivity index (χ4n) is 1.31. The topological polar surface area (TPSA) is 4.93 Å². The number of nitrogens with zero attached hydrogens (tertiary/aromatic N) is 1. The zero-order valence-corrected chi connectivity index (χ0v) is 9.43. The Kier molecular flexibility index (Phi) is 2.04. The number of halogens is 2. The van der Waals surface area contributed by atoms with Crippen molar-refractivity contribution < 1.29 is 0 Å². The van der Waals surface area contributed by atoms with Crippen LogP contribution in [0.15, 0.2) is 24.4 Å². The molecule has 0 saturated heterocycles. The van der Waals surface area contributed by atoms with Gasteiger partial charge in [-0.05, 0) is 34.7 Å². The van der Waals surface area contributed by atoms with E-state index >= 15 is 0 Å². The molecule has 0 unspecified atom stereocenters. The maximum atomic E-state index is 5.88. The molecular weight excluding hydrogens is 284 g/mol. The lowest BCUT2D eigenvalue weighted by atomic mass is 10.2. The van der Waals surface area contributed by atoms with Crippen LogP contribution < -0.4 is 0 Å². The molecule has 0 amide bonds. The fraction of sp³-hybridized carbons (Fsp3) is 0.111. The SMILES string of the molecule is Cn1cc(I)c2ccc(Cl)cc21. The van der Waals surface area contributed by atoms with Crippen LogP contribution in [0.2, 0.25) is 5.02 Å². The van der Waals surface area contributed by atoms with Crippen LogP contribution >= 0.6 is 34.2 Å². The number of benzene rings is 1. The van der Waals surface area contributed by atoms with Crippen LogP contribution in [-0.2, 0) is 7.05 Å². The van der Waals surface area contributed by atoms with Crippen LogP contribution in [0.4, 0.5) is 0 Å². The second-order valence-electron chi connectivity index (χ2n) is 2.75. The van der Waals surface area contributed by atoms with Crippen molar-refractivity contribution in [3.63, 3.8) is 0 Å². The highest BCUT2D eigenvalue weighted by Crippen LogP contribution is 2.24. The number of hydrogen-bond donors (Lipinski definition) is 0. The molecule has 0 N–H and O–H groups in total. The Bertz CT molecular complexity index is 433. The molecule has 0 atom stereocenters. The zero-order valence-electron chi connectivity index (χ0n) is 6.51. The molecule has 0 saturated carbocycles. The van der Waals surface area contributed by atoms with Gasteiger partial charge in [0.1, 0.15) is 0 Å². The average molecular weight is 292 g/mol. The summed E-state index contributed by atoms with van der Waals surface area (Å²) in [5.41, 5.74) is 1.19. The van der Waals surface area contributed by atoms with E-state index < -0.39 is 0 Å². The predicted octanol–water partition coefficient (Wildman–Crippen LogP) is 3.44. The van der Waals surface area contributed by atoms with Crippen molar-refractivity contribution in [3.05, 3.63) is 33.0 Å². The van der Waals surface area contributed by atoms with E-state index in [9.17, 15) is 0 Å². The summed E-state index contributed by atoms with van der Waals surface area (Å²) in [4.78, 5) is 0. The molecule has 1 aromatic heterocycles. The summed E-state index contributed by atoms with van der Waals surface area (Å²) >= 11 is 8.21. The Morgan fingerprint density at radius 2 is 2.17 bits per heavy atom. The van der Waals surface area contributed by atoms with Gasteiger partial charge in [0.25, 0.3) is 0 Å². The van der Waals surface area contributed by atoms with Crippen molar-refractivity contribution in [2.45, 2.75) is 0 Å². The van der Waals surface area contributed by atoms with E-state index in [1.165, 1.54) is 14.5 Å². The van der Waals surface area contributed by atoms with Gasteiger partial charge < -0.3 is 4.57 Å². The standard InChI is InChI=1S/C9H7ClIN/c1-12-5-8(11)7-3-2-6(10)4-9(7)12/h2-5H,1H3. The second kappa shape index (κ2) is 2.92. The normalized spacial score (nSPS) is 10.9. The highest BCUT2D eigenvalue weighted by atomic mass is 127. The number of hydrogen-bond acceptors (Lipinski definition) is 0. The van der Waals surface area contributed by atoms with Crippen LogP contribution in [0.5, 0.6) is 0 Å². The van der Waals surface area contributed by atoms with Crippen molar-refractivity contribution in [2.24, 2.45) is 7.05 Å². The van der Waals surface area contributed by atoms with Crippen LogP contribution in [0.1, 0.15) is 0 Å². The first kappa shape index (κ1) is 8.38. The summed E-state index contributed by atoms with van der Waals surface area (Å²) in [6.07, 6.45) is 2.10. The van der Waals surface area contributed by atoms with Gasteiger partial charge in [-0.15, -0.1) is 0 Å². The van der Waals surface area contributed by atoms with Crippen molar-refractivity contribution in [3.8, 4) is 0 Å². The van der Waals surface area contributed by atoms with Gasteiger partial charge >= 0.3 is 0 Å². The van der Waals surface area contributed by atoms with E-state index in [0.29, 0.717) is 0 Å². The van der Waals surface area contributed by atoms with Gasteiger partial charge in [0, 0.05) is 27.2 Å². The van der Waals surface area contributed by atoms with Crippen molar-refractivity contribution in [1.82, 2.24) is 4.57 Å². The summed E-state index contributed by atoms with van der Waals surface area (Å²) in [5, 5.41) is 2.06. The number of aromatic nitrogens is 1. The number of fused-ring (bicyclic) bond motifs is 1. The molecule has 62 valence electrons. The molecule has 1 nitrogen and oxygen atoms in total. The molecule has 0 radical (unpaired) electrons. The predicted molar refractivity (Wildman–Crippen MR) is 60.6 cm³/mol. The van der Waals surface area contributed by atoms with Gasteiger partial charge in [0.15, 0.2) is 0 Å². The van der Waals surface area contributed by atoms with E-state index in [-0.39, 0.29) is 0 Å². The second-order valence-corrected chi connectivity index (χ2v) is 4.35. The van der Waals surface area contributed by atoms with Gasteiger partial charge in [0.05, 0.1) is 5.52 Å². The van der Waals surface area contributed by atoms with E-state index in [1.54, 1.807) is 0 Å². The lowest BCUT2D eigenvalue weighted by Gasteiger charge is -1.95. The molecule has 1 heterocycles. The lowest BCUT2D eigenvalue weighted by molar-refractivity contribution is 0.966. The summed E-state index contributed by atoms with van der Waals surface area (Å²) < 4.78 is 3.35. The molecule has 1 aromatic carbocycles. The Morgan fingerprint density at radius 1 is 1.42 bits per heavy atom. The van der Waals surface area contributed by atoms with Crippen molar-refractivity contribution >= 4 is 45.1 Å². The smallest absolute Gasteiger partial charge is 0.0503 e. The first-order valence-electron chi connectivity index (χ1n) is 3.58. The average Bonchev–Trinajstić information content (AvgIpc) is 2.28. The molecule has 2 rings (SSSR count). The maximum absolute atomic E-state index is 5.88. The van der Waals surface area contributed by atoms with Crippen LogP contribution in [0, 0.1) is 3.57 Å². The van der Waals surface area contributed by atoms with E-state index in [1.807, 2.05) is 19.2 Å². The van der Waals surface area contributed by atoms with Crippen molar-refractivity contribution in [2.75, 3.05) is 0 Å². The summed E-state index contributed by atoms with van der Waals surface area (Å²) in [5.74, 6) is 0. The van der Waals surface area contributed by atoms with Crippen molar-refractivity contribution in [1.29, 1.82) is 0 Å². The van der Waals surface area contributed by atoms with Gasteiger partial charge in [0.2, 0.25) is 0 Å². The molecule has 2 aromatic rings. The summed E-state index contributed by atoms with van der Waals surface area (Å²) in [6, 6.07) is 5.96. The molecule has 0 aliphatic carbocycles. The summed E-state index contributed by atoms with van der Waals surface area (Å²) in [7, 11) is 2.03. The van der Waals surface area contributed by atoms with Gasteiger partial charge in [-0.25, -0.2) is 0 Å². The Labute approximate surface area is 89.5 Å². The van der Waals surface area contributed by atoms with Gasteiger partial charge in [-0.3, -0.25) is 0 Å². The van der Waals surface area contributed by atoms with Crippen LogP contribution in [0.25, 0.3) is 10.9 Å². The third kappa shape index (κ3) is 1.23. The van der Waals surface area contributed by atoms with E-state index in [4.69, 9.17) is 11.6 Å². The Hall–Kier alpha value is -0.220. The first-order valence-corrected chi connectivity index (χ1v) is 5.04. The third-order valence-corrected chi connectivity index (χ3v) is 3.00. The number of aryl methyl sites for hydroxylation is 1. The molecule has 3 heteroatoms. The minimum Gasteiger partial charge on any atom is -0.349 e. The minimum absolute atomic E-state index is 0.792. The molecule has 12 heavy (non-hydrogen) atoms. The summed E-state index contributed by atoms with van der Waals surface area (Å²) in [6.45, 7) is 0. The quantitative estimate of drug-likeness (QED) is 0.655. The molecular formula is C9H7ClIN. The third-order valence-electron chi connectivity index (χ3n) is 1.90. The maximum Gasteiger partial charge on any atom is 0.0503 e. The van der Waals surface area contributed by atoms with Gasteiger partial charge in [-0.1, -0.05) is 17.7 Å². The Balaban J connectivity index is 2.90. The molecule has 0 aliphatic rings. The zero-order chi connectivity index (χ0) is 8.72. The lowest BCUT2D eigenvalue weighted by Crippen LogP contribution is -1.82. The van der Waals surface area contributed by atoms with Crippen LogP contribution in [-0.4, -0.2) is 4.57 Å². The molecule has 0 spiro atoms. The molecule has 0 fully saturated rings. The fourth-order valence-corrected chi connectivity index (χ4v) is 2.35. The Morgan fingerprint density at radius 3 is 2.92 bits per heavy atom. The highest BCUT2D eigenvalue weighted by Gasteiger charge is 2.03. The highest BCUT2D eigenvalue weighted by molar-refractivity contribution is 14.1. The minimum atomic E-state index is 0.792. The number of rotatable bonds is 0. The first-order chi connectivity index (χ1) is 5.68. The largest absolute Gasteiger partial charge is 0.349 e.